The monoisotopic (exact) mass is 296 g/mol. The Balaban J connectivity index is 2.00. The Labute approximate surface area is 128 Å². The van der Waals surface area contributed by atoms with E-state index in [0.29, 0.717) is 0 Å². The number of hydrogen-bond acceptors (Lipinski definition) is 4. The van der Waals surface area contributed by atoms with Crippen molar-refractivity contribution < 1.29 is 4.74 Å². The Kier molecular flexibility index (Phi) is 3.97. The van der Waals surface area contributed by atoms with E-state index in [0.717, 1.165) is 26.9 Å². The van der Waals surface area contributed by atoms with E-state index in [1.807, 2.05) is 37.4 Å². The van der Waals surface area contributed by atoms with Gasteiger partial charge in [0.2, 0.25) is 0 Å². The zero-order valence-corrected chi connectivity index (χ0v) is 12.8. The smallest absolute Gasteiger partial charge is 0.134 e. The van der Waals surface area contributed by atoms with Crippen molar-refractivity contribution in [3.05, 3.63) is 54.6 Å². The van der Waals surface area contributed by atoms with Crippen LogP contribution in [-0.2, 0) is 0 Å². The molecule has 0 spiro atoms. The first-order chi connectivity index (χ1) is 10.3. The van der Waals surface area contributed by atoms with Crippen molar-refractivity contribution in [1.29, 1.82) is 0 Å². The van der Waals surface area contributed by atoms with Crippen molar-refractivity contribution in [2.45, 2.75) is 9.92 Å². The zero-order valence-electron chi connectivity index (χ0n) is 12.0. The van der Waals surface area contributed by atoms with Crippen LogP contribution in [0, 0.1) is 0 Å². The van der Waals surface area contributed by atoms with Gasteiger partial charge < -0.3 is 10.1 Å². The molecule has 106 valence electrons. The predicted molar refractivity (Wildman–Crippen MR) is 88.4 cm³/mol. The fourth-order valence-electron chi connectivity index (χ4n) is 2.20. The quantitative estimate of drug-likeness (QED) is 0.772. The molecule has 1 heterocycles. The van der Waals surface area contributed by atoms with Crippen LogP contribution in [0.25, 0.3) is 10.8 Å². The van der Waals surface area contributed by atoms with Crippen LogP contribution >= 0.6 is 11.8 Å². The maximum atomic E-state index is 5.26. The minimum Gasteiger partial charge on any atom is -0.497 e. The van der Waals surface area contributed by atoms with E-state index in [9.17, 15) is 0 Å². The second-order valence-corrected chi connectivity index (χ2v) is 5.66. The number of pyridine rings is 1. The van der Waals surface area contributed by atoms with Crippen LogP contribution in [0.1, 0.15) is 0 Å². The van der Waals surface area contributed by atoms with Crippen molar-refractivity contribution in [2.24, 2.45) is 0 Å². The Morgan fingerprint density at radius 2 is 1.90 bits per heavy atom. The Bertz CT molecular complexity index is 774. The number of benzene rings is 2. The fourth-order valence-corrected chi connectivity index (χ4v) is 3.09. The number of methoxy groups -OCH3 is 1. The molecule has 0 atom stereocenters. The zero-order chi connectivity index (χ0) is 14.7. The molecular weight excluding hydrogens is 280 g/mol. The number of fused-ring (bicyclic) bond motifs is 1. The van der Waals surface area contributed by atoms with Gasteiger partial charge in [-0.15, -0.1) is 0 Å². The maximum absolute atomic E-state index is 5.26. The van der Waals surface area contributed by atoms with Gasteiger partial charge in [0.05, 0.1) is 7.11 Å². The molecular formula is C17H16N2OS. The topological polar surface area (TPSA) is 34.2 Å². The summed E-state index contributed by atoms with van der Waals surface area (Å²) in [5, 5.41) is 6.45. The highest BCUT2D eigenvalue weighted by molar-refractivity contribution is 7.99. The molecule has 3 rings (SSSR count). The third kappa shape index (κ3) is 2.95. The molecule has 0 bridgehead atoms. The second-order valence-electron chi connectivity index (χ2n) is 4.56. The number of nitrogens with zero attached hydrogens (tertiary/aromatic N) is 1. The van der Waals surface area contributed by atoms with Crippen LogP contribution in [0.3, 0.4) is 0 Å². The molecule has 0 aliphatic heterocycles. The van der Waals surface area contributed by atoms with E-state index in [2.05, 4.69) is 34.6 Å². The lowest BCUT2D eigenvalue weighted by molar-refractivity contribution is 0.413. The van der Waals surface area contributed by atoms with Gasteiger partial charge in [-0.1, -0.05) is 42.1 Å². The third-order valence-corrected chi connectivity index (χ3v) is 4.13. The van der Waals surface area contributed by atoms with Crippen molar-refractivity contribution in [2.75, 3.05) is 19.5 Å². The van der Waals surface area contributed by atoms with Gasteiger partial charge in [0.1, 0.15) is 16.6 Å². The highest BCUT2D eigenvalue weighted by atomic mass is 32.2. The van der Waals surface area contributed by atoms with E-state index < -0.39 is 0 Å². The predicted octanol–water partition coefficient (Wildman–Crippen LogP) is 4.44. The summed E-state index contributed by atoms with van der Waals surface area (Å²) < 4.78 is 5.26. The molecule has 0 aliphatic carbocycles. The summed E-state index contributed by atoms with van der Waals surface area (Å²) in [6, 6.07) is 18.4. The Morgan fingerprint density at radius 1 is 1.05 bits per heavy atom. The standard InChI is InChI=1S/C17H16N2OS/c1-18-17-15-9-4-3-6-12(15)10-16(19-17)21-14-8-5-7-13(11-14)20-2/h3-11H,1-2H3,(H,18,19). The van der Waals surface area contributed by atoms with Crippen LogP contribution in [0.2, 0.25) is 0 Å². The number of anilines is 1. The lowest BCUT2D eigenvalue weighted by atomic mass is 10.1. The largest absolute Gasteiger partial charge is 0.497 e. The Morgan fingerprint density at radius 3 is 2.71 bits per heavy atom. The number of hydrogen-bond donors (Lipinski definition) is 1. The van der Waals surface area contributed by atoms with Crippen LogP contribution in [0.15, 0.2) is 64.5 Å². The second kappa shape index (κ2) is 6.06. The molecule has 1 aromatic heterocycles. The normalized spacial score (nSPS) is 10.6. The van der Waals surface area contributed by atoms with Crippen LogP contribution in [0.5, 0.6) is 5.75 Å². The molecule has 0 amide bonds. The van der Waals surface area contributed by atoms with E-state index in [1.165, 1.54) is 5.39 Å². The van der Waals surface area contributed by atoms with Crippen LogP contribution in [0.4, 0.5) is 5.82 Å². The summed E-state index contributed by atoms with van der Waals surface area (Å²) in [5.41, 5.74) is 0. The van der Waals surface area contributed by atoms with E-state index in [-0.39, 0.29) is 0 Å². The molecule has 0 saturated carbocycles. The molecule has 1 N–H and O–H groups in total. The number of ether oxygens (including phenoxy) is 1. The average molecular weight is 296 g/mol. The molecule has 0 fully saturated rings. The minimum absolute atomic E-state index is 0.856. The van der Waals surface area contributed by atoms with Crippen molar-refractivity contribution in [3.63, 3.8) is 0 Å². The van der Waals surface area contributed by atoms with Crippen molar-refractivity contribution >= 4 is 28.4 Å². The van der Waals surface area contributed by atoms with E-state index >= 15 is 0 Å². The van der Waals surface area contributed by atoms with Gasteiger partial charge in [-0.3, -0.25) is 0 Å². The van der Waals surface area contributed by atoms with Gasteiger partial charge in [0.15, 0.2) is 0 Å². The lowest BCUT2D eigenvalue weighted by Gasteiger charge is -2.09. The molecule has 0 unspecified atom stereocenters. The Hall–Kier alpha value is -2.20. The summed E-state index contributed by atoms with van der Waals surface area (Å²) in [4.78, 5) is 5.79. The van der Waals surface area contributed by atoms with Gasteiger partial charge in [-0.25, -0.2) is 4.98 Å². The first-order valence-electron chi connectivity index (χ1n) is 6.69. The van der Waals surface area contributed by atoms with E-state index in [4.69, 9.17) is 4.74 Å². The molecule has 3 nitrogen and oxygen atoms in total. The molecule has 21 heavy (non-hydrogen) atoms. The van der Waals surface area contributed by atoms with Gasteiger partial charge in [0.25, 0.3) is 0 Å². The summed E-state index contributed by atoms with van der Waals surface area (Å²) >= 11 is 1.63. The highest BCUT2D eigenvalue weighted by Gasteiger charge is 2.06. The number of nitrogens with one attached hydrogen (secondary N) is 1. The molecule has 0 saturated heterocycles. The van der Waals surface area contributed by atoms with Gasteiger partial charge >= 0.3 is 0 Å². The molecule has 3 aromatic rings. The van der Waals surface area contributed by atoms with Crippen LogP contribution in [-0.4, -0.2) is 19.1 Å². The van der Waals surface area contributed by atoms with Crippen molar-refractivity contribution in [3.8, 4) is 5.75 Å². The molecule has 0 aliphatic rings. The minimum atomic E-state index is 0.856. The van der Waals surface area contributed by atoms with Gasteiger partial charge in [-0.05, 0) is 29.7 Å². The average Bonchev–Trinajstić information content (AvgIpc) is 2.54. The lowest BCUT2D eigenvalue weighted by Crippen LogP contribution is -1.95. The van der Waals surface area contributed by atoms with Crippen LogP contribution < -0.4 is 10.1 Å². The fraction of sp³-hybridized carbons (Fsp3) is 0.118. The summed E-state index contributed by atoms with van der Waals surface area (Å²) in [6.07, 6.45) is 0. The SMILES string of the molecule is CNc1nc(Sc2cccc(OC)c2)cc2ccccc12. The van der Waals surface area contributed by atoms with Gasteiger partial charge in [-0.2, -0.15) is 0 Å². The molecule has 4 heteroatoms. The summed E-state index contributed by atoms with van der Waals surface area (Å²) in [6.45, 7) is 0. The van der Waals surface area contributed by atoms with Crippen molar-refractivity contribution in [1.82, 2.24) is 4.98 Å². The highest BCUT2D eigenvalue weighted by Crippen LogP contribution is 2.32. The van der Waals surface area contributed by atoms with Gasteiger partial charge in [0, 0.05) is 17.3 Å². The number of rotatable bonds is 4. The first-order valence-corrected chi connectivity index (χ1v) is 7.51. The first kappa shape index (κ1) is 13.8. The molecule has 0 radical (unpaired) electrons. The van der Waals surface area contributed by atoms with E-state index in [1.54, 1.807) is 18.9 Å². The summed E-state index contributed by atoms with van der Waals surface area (Å²) in [5.74, 6) is 1.76. The third-order valence-electron chi connectivity index (χ3n) is 3.22. The summed E-state index contributed by atoms with van der Waals surface area (Å²) in [7, 11) is 3.58. The number of aromatic nitrogens is 1. The maximum Gasteiger partial charge on any atom is 0.134 e. The molecule has 2 aromatic carbocycles.